The van der Waals surface area contributed by atoms with Crippen molar-refractivity contribution >= 4 is 10.0 Å². The van der Waals surface area contributed by atoms with E-state index in [1.54, 1.807) is 39.0 Å². The molecule has 1 saturated carbocycles. The molecular formula is C23H28N4O4S. The largest absolute Gasteiger partial charge is 0.359 e. The van der Waals surface area contributed by atoms with Crippen LogP contribution in [-0.2, 0) is 10.0 Å². The molecule has 1 aliphatic rings. The first-order valence-electron chi connectivity index (χ1n) is 10.9. The third-order valence-electron chi connectivity index (χ3n) is 5.96. The first-order valence-corrected chi connectivity index (χ1v) is 12.4. The molecule has 1 aromatic carbocycles. The van der Waals surface area contributed by atoms with Crippen molar-refractivity contribution in [2.24, 2.45) is 0 Å². The number of hydrogen-bond donors (Lipinski definition) is 1. The predicted octanol–water partition coefficient (Wildman–Crippen LogP) is 3.81. The summed E-state index contributed by atoms with van der Waals surface area (Å²) < 4.78 is 35.7. The lowest BCUT2D eigenvalue weighted by atomic mass is 10.1. The molecule has 0 atom stereocenters. The standard InChI is InChI=1S/C23H28N4O4S/c1-15-10-11-18(14-21(15)32(29,30)26-19-8-6-4-5-7-9-19)20-12-13-22(28)27(24-20)23-16(2)25-31-17(23)3/h10-14,19,26H,4-9H2,1-3H3. The van der Waals surface area contributed by atoms with E-state index in [-0.39, 0.29) is 16.5 Å². The van der Waals surface area contributed by atoms with Crippen LogP contribution in [0.15, 0.2) is 44.5 Å². The first-order chi connectivity index (χ1) is 15.3. The highest BCUT2D eigenvalue weighted by atomic mass is 32.2. The molecule has 1 aliphatic carbocycles. The number of aryl methyl sites for hydroxylation is 3. The van der Waals surface area contributed by atoms with Crippen molar-refractivity contribution < 1.29 is 12.9 Å². The van der Waals surface area contributed by atoms with Gasteiger partial charge in [0.1, 0.15) is 11.4 Å². The predicted molar refractivity (Wildman–Crippen MR) is 121 cm³/mol. The molecular weight excluding hydrogens is 428 g/mol. The maximum absolute atomic E-state index is 13.2. The van der Waals surface area contributed by atoms with Gasteiger partial charge in [-0.05, 0) is 51.3 Å². The summed E-state index contributed by atoms with van der Waals surface area (Å²) in [5, 5.41) is 8.37. The molecule has 9 heteroatoms. The van der Waals surface area contributed by atoms with E-state index >= 15 is 0 Å². The van der Waals surface area contributed by atoms with Gasteiger partial charge in [0.2, 0.25) is 10.0 Å². The number of rotatable bonds is 5. The van der Waals surface area contributed by atoms with Gasteiger partial charge in [-0.1, -0.05) is 43.0 Å². The molecule has 0 spiro atoms. The minimum absolute atomic E-state index is 0.0369. The molecule has 0 unspecified atom stereocenters. The Morgan fingerprint density at radius 1 is 1.03 bits per heavy atom. The van der Waals surface area contributed by atoms with Gasteiger partial charge in [0, 0.05) is 17.7 Å². The Labute approximate surface area is 187 Å². The number of nitrogens with one attached hydrogen (secondary N) is 1. The van der Waals surface area contributed by atoms with Gasteiger partial charge < -0.3 is 4.52 Å². The van der Waals surface area contributed by atoms with E-state index < -0.39 is 10.0 Å². The average molecular weight is 457 g/mol. The first kappa shape index (κ1) is 22.4. The summed E-state index contributed by atoms with van der Waals surface area (Å²) in [6, 6.07) is 8.17. The Kier molecular flexibility index (Phi) is 6.30. The van der Waals surface area contributed by atoms with Gasteiger partial charge in [-0.2, -0.15) is 9.78 Å². The van der Waals surface area contributed by atoms with Gasteiger partial charge in [-0.25, -0.2) is 13.1 Å². The Hall–Kier alpha value is -2.78. The van der Waals surface area contributed by atoms with Crippen molar-refractivity contribution in [2.45, 2.75) is 70.2 Å². The number of aromatic nitrogens is 3. The fourth-order valence-corrected chi connectivity index (χ4v) is 5.81. The fraction of sp³-hybridized carbons (Fsp3) is 0.435. The number of nitrogens with zero attached hydrogens (tertiary/aromatic N) is 3. The molecule has 4 rings (SSSR count). The second-order valence-corrected chi connectivity index (χ2v) is 10.1. The van der Waals surface area contributed by atoms with Crippen LogP contribution in [0.4, 0.5) is 0 Å². The summed E-state index contributed by atoms with van der Waals surface area (Å²) in [4.78, 5) is 12.7. The second kappa shape index (κ2) is 8.99. The van der Waals surface area contributed by atoms with Crippen molar-refractivity contribution in [3.8, 4) is 16.9 Å². The van der Waals surface area contributed by atoms with Gasteiger partial charge in [0.05, 0.1) is 10.6 Å². The van der Waals surface area contributed by atoms with Crippen molar-refractivity contribution in [1.29, 1.82) is 0 Å². The lowest BCUT2D eigenvalue weighted by Gasteiger charge is -2.18. The van der Waals surface area contributed by atoms with E-state index in [0.29, 0.717) is 34.0 Å². The summed E-state index contributed by atoms with van der Waals surface area (Å²) in [6.45, 7) is 5.23. The molecule has 8 nitrogen and oxygen atoms in total. The lowest BCUT2D eigenvalue weighted by molar-refractivity contribution is 0.392. The highest BCUT2D eigenvalue weighted by Crippen LogP contribution is 2.26. The van der Waals surface area contributed by atoms with E-state index in [1.165, 1.54) is 10.7 Å². The molecule has 1 N–H and O–H groups in total. The van der Waals surface area contributed by atoms with Gasteiger partial charge >= 0.3 is 0 Å². The molecule has 1 fully saturated rings. The van der Waals surface area contributed by atoms with E-state index in [2.05, 4.69) is 15.0 Å². The van der Waals surface area contributed by atoms with E-state index in [0.717, 1.165) is 38.5 Å². The fourth-order valence-electron chi connectivity index (χ4n) is 4.23. The zero-order valence-electron chi connectivity index (χ0n) is 18.6. The van der Waals surface area contributed by atoms with Crippen LogP contribution in [0.2, 0.25) is 0 Å². The van der Waals surface area contributed by atoms with Crippen LogP contribution >= 0.6 is 0 Å². The third kappa shape index (κ3) is 4.54. The highest BCUT2D eigenvalue weighted by molar-refractivity contribution is 7.89. The molecule has 32 heavy (non-hydrogen) atoms. The van der Waals surface area contributed by atoms with Crippen LogP contribution in [0.5, 0.6) is 0 Å². The Morgan fingerprint density at radius 3 is 2.41 bits per heavy atom. The zero-order chi connectivity index (χ0) is 22.9. The van der Waals surface area contributed by atoms with Crippen LogP contribution in [0.1, 0.15) is 55.5 Å². The van der Waals surface area contributed by atoms with Crippen LogP contribution in [0.3, 0.4) is 0 Å². The maximum Gasteiger partial charge on any atom is 0.271 e. The van der Waals surface area contributed by atoms with E-state index in [1.807, 2.05) is 6.07 Å². The molecule has 0 saturated heterocycles. The second-order valence-electron chi connectivity index (χ2n) is 8.43. The van der Waals surface area contributed by atoms with Crippen LogP contribution in [0.25, 0.3) is 16.9 Å². The maximum atomic E-state index is 13.2. The normalized spacial score (nSPS) is 15.6. The zero-order valence-corrected chi connectivity index (χ0v) is 19.4. The molecule has 3 aromatic rings. The van der Waals surface area contributed by atoms with Crippen molar-refractivity contribution in [1.82, 2.24) is 19.7 Å². The van der Waals surface area contributed by atoms with Crippen molar-refractivity contribution in [3.63, 3.8) is 0 Å². The summed E-state index contributed by atoms with van der Waals surface area (Å²) in [5.41, 5.74) is 2.47. The summed E-state index contributed by atoms with van der Waals surface area (Å²) >= 11 is 0. The molecule has 0 radical (unpaired) electrons. The van der Waals surface area contributed by atoms with E-state index in [4.69, 9.17) is 4.52 Å². The monoisotopic (exact) mass is 456 g/mol. The number of hydrogen-bond acceptors (Lipinski definition) is 6. The smallest absolute Gasteiger partial charge is 0.271 e. The SMILES string of the molecule is Cc1ccc(-c2ccc(=O)n(-c3c(C)noc3C)n2)cc1S(=O)(=O)NC1CCCCCC1. The highest BCUT2D eigenvalue weighted by Gasteiger charge is 2.23. The molecule has 2 heterocycles. The minimum atomic E-state index is -3.68. The molecule has 0 aliphatic heterocycles. The summed E-state index contributed by atoms with van der Waals surface area (Å²) in [6.07, 6.45) is 6.11. The van der Waals surface area contributed by atoms with Crippen LogP contribution in [0, 0.1) is 20.8 Å². The van der Waals surface area contributed by atoms with Gasteiger partial charge in [-0.15, -0.1) is 0 Å². The number of benzene rings is 1. The van der Waals surface area contributed by atoms with Crippen molar-refractivity contribution in [3.05, 3.63) is 57.7 Å². The quantitative estimate of drug-likeness (QED) is 0.585. The van der Waals surface area contributed by atoms with E-state index in [9.17, 15) is 13.2 Å². The van der Waals surface area contributed by atoms with Crippen LogP contribution < -0.4 is 10.3 Å². The molecule has 170 valence electrons. The van der Waals surface area contributed by atoms with Gasteiger partial charge in [0.25, 0.3) is 5.56 Å². The Morgan fingerprint density at radius 2 is 1.75 bits per heavy atom. The topological polar surface area (TPSA) is 107 Å². The average Bonchev–Trinajstić information content (AvgIpc) is 2.92. The minimum Gasteiger partial charge on any atom is -0.359 e. The summed E-state index contributed by atoms with van der Waals surface area (Å²) in [7, 11) is -3.68. The van der Waals surface area contributed by atoms with Gasteiger partial charge in [-0.3, -0.25) is 4.79 Å². The number of sulfonamides is 1. The third-order valence-corrected chi connectivity index (χ3v) is 7.62. The van der Waals surface area contributed by atoms with Crippen LogP contribution in [-0.4, -0.2) is 29.4 Å². The summed E-state index contributed by atoms with van der Waals surface area (Å²) in [5.74, 6) is 0.481. The molecule has 2 aromatic heterocycles. The Bertz CT molecular complexity index is 1270. The Balaban J connectivity index is 1.71. The molecule has 0 bridgehead atoms. The lowest BCUT2D eigenvalue weighted by Crippen LogP contribution is -2.34. The molecule has 0 amide bonds. The van der Waals surface area contributed by atoms with Gasteiger partial charge in [0.15, 0.2) is 5.76 Å². The van der Waals surface area contributed by atoms with Crippen molar-refractivity contribution in [2.75, 3.05) is 0 Å².